The van der Waals surface area contributed by atoms with Crippen LogP contribution < -0.4 is 5.32 Å². The summed E-state index contributed by atoms with van der Waals surface area (Å²) in [5.41, 5.74) is 2.83. The fraction of sp³-hybridized carbons (Fsp3) is 0.300. The second-order valence-corrected chi connectivity index (χ2v) is 7.65. The minimum absolute atomic E-state index is 0.272. The van der Waals surface area contributed by atoms with Crippen molar-refractivity contribution >= 4 is 39.8 Å². The predicted molar refractivity (Wildman–Crippen MR) is 108 cm³/mol. The van der Waals surface area contributed by atoms with Gasteiger partial charge in [0.25, 0.3) is 5.91 Å². The number of carbonyl (C=O) groups is 3. The van der Waals surface area contributed by atoms with Crippen LogP contribution >= 0.6 is 11.3 Å². The summed E-state index contributed by atoms with van der Waals surface area (Å²) in [6.45, 7) is 5.06. The summed E-state index contributed by atoms with van der Waals surface area (Å²) in [5.74, 6) is -1.29. The molecule has 7 nitrogen and oxygen atoms in total. The van der Waals surface area contributed by atoms with Gasteiger partial charge >= 0.3 is 5.97 Å². The highest BCUT2D eigenvalue weighted by molar-refractivity contribution is 7.16. The maximum Gasteiger partial charge on any atom is 0.341 e. The number of hydrogen-bond donors (Lipinski definition) is 1. The number of rotatable bonds is 5. The minimum Gasteiger partial charge on any atom is -0.452 e. The molecular formula is C20H21N3O4S. The van der Waals surface area contributed by atoms with E-state index in [0.717, 1.165) is 21.7 Å². The molecule has 2 amide bonds. The molecule has 2 heterocycles. The Bertz CT molecular complexity index is 950. The third-order valence-corrected chi connectivity index (χ3v) is 5.53. The number of hydrazone groups is 1. The molecule has 0 radical (unpaired) electrons. The molecule has 0 spiro atoms. The van der Waals surface area contributed by atoms with E-state index >= 15 is 0 Å². The van der Waals surface area contributed by atoms with Crippen molar-refractivity contribution in [1.29, 1.82) is 0 Å². The molecule has 3 rings (SSSR count). The van der Waals surface area contributed by atoms with Gasteiger partial charge in [0.05, 0.1) is 17.8 Å². The lowest BCUT2D eigenvalue weighted by Gasteiger charge is -2.12. The number of anilines is 1. The summed E-state index contributed by atoms with van der Waals surface area (Å²) in [6.07, 6.45) is 0.652. The second-order valence-electron chi connectivity index (χ2n) is 6.42. The van der Waals surface area contributed by atoms with E-state index in [1.165, 1.54) is 23.3 Å². The molecule has 1 aliphatic rings. The Kier molecular flexibility index (Phi) is 5.89. The van der Waals surface area contributed by atoms with E-state index < -0.39 is 12.6 Å². The van der Waals surface area contributed by atoms with Crippen LogP contribution in [0.1, 0.15) is 39.7 Å². The van der Waals surface area contributed by atoms with E-state index in [4.69, 9.17) is 4.74 Å². The molecule has 1 aromatic carbocycles. The lowest BCUT2D eigenvalue weighted by atomic mass is 10.1. The van der Waals surface area contributed by atoms with Gasteiger partial charge in [-0.25, -0.2) is 9.80 Å². The molecule has 0 saturated heterocycles. The minimum atomic E-state index is -0.634. The number of nitrogens with one attached hydrogen (secondary N) is 1. The Morgan fingerprint density at radius 1 is 1.21 bits per heavy atom. The van der Waals surface area contributed by atoms with Crippen molar-refractivity contribution in [3.8, 4) is 0 Å². The van der Waals surface area contributed by atoms with Crippen LogP contribution in [0.2, 0.25) is 0 Å². The number of nitrogens with zero attached hydrogens (tertiary/aromatic N) is 2. The van der Waals surface area contributed by atoms with Gasteiger partial charge in [0.2, 0.25) is 5.91 Å². The van der Waals surface area contributed by atoms with Gasteiger partial charge in [0, 0.05) is 18.2 Å². The monoisotopic (exact) mass is 399 g/mol. The third kappa shape index (κ3) is 4.28. The summed E-state index contributed by atoms with van der Waals surface area (Å²) in [6, 6.07) is 9.64. The van der Waals surface area contributed by atoms with Gasteiger partial charge in [-0.1, -0.05) is 30.3 Å². The zero-order chi connectivity index (χ0) is 20.3. The Labute approximate surface area is 167 Å². The van der Waals surface area contributed by atoms with E-state index in [1.54, 1.807) is 6.92 Å². The van der Waals surface area contributed by atoms with Gasteiger partial charge < -0.3 is 10.1 Å². The maximum atomic E-state index is 12.5. The summed E-state index contributed by atoms with van der Waals surface area (Å²) in [7, 11) is 0. The number of carbonyl (C=O) groups excluding carboxylic acids is 3. The van der Waals surface area contributed by atoms with Crippen LogP contribution in [0.3, 0.4) is 0 Å². The zero-order valence-electron chi connectivity index (χ0n) is 15.9. The molecule has 0 atom stereocenters. The van der Waals surface area contributed by atoms with Crippen molar-refractivity contribution in [1.82, 2.24) is 5.01 Å². The van der Waals surface area contributed by atoms with Crippen LogP contribution in [0.5, 0.6) is 0 Å². The van der Waals surface area contributed by atoms with E-state index in [0.29, 0.717) is 23.5 Å². The van der Waals surface area contributed by atoms with Crippen molar-refractivity contribution in [2.45, 2.75) is 27.2 Å². The highest BCUT2D eigenvalue weighted by Crippen LogP contribution is 2.33. The summed E-state index contributed by atoms with van der Waals surface area (Å²) in [4.78, 5) is 37.2. The quantitative estimate of drug-likeness (QED) is 0.783. The number of amides is 2. The van der Waals surface area contributed by atoms with Gasteiger partial charge in [0.1, 0.15) is 5.00 Å². The Balaban J connectivity index is 1.65. The van der Waals surface area contributed by atoms with Crippen molar-refractivity contribution in [2.24, 2.45) is 5.10 Å². The predicted octanol–water partition coefficient (Wildman–Crippen LogP) is 3.12. The fourth-order valence-electron chi connectivity index (χ4n) is 2.87. The molecule has 8 heteroatoms. The van der Waals surface area contributed by atoms with E-state index in [1.807, 2.05) is 37.3 Å². The second kappa shape index (κ2) is 8.35. The Morgan fingerprint density at radius 2 is 1.93 bits per heavy atom. The van der Waals surface area contributed by atoms with Crippen LogP contribution in [0, 0.1) is 13.8 Å². The average Bonchev–Trinajstić information content (AvgIpc) is 3.26. The molecule has 0 unspecified atom stereocenters. The van der Waals surface area contributed by atoms with Crippen molar-refractivity contribution in [3.63, 3.8) is 0 Å². The van der Waals surface area contributed by atoms with Gasteiger partial charge in [-0.05, 0) is 25.0 Å². The number of thiophene rings is 1. The first-order valence-corrected chi connectivity index (χ1v) is 9.66. The summed E-state index contributed by atoms with van der Waals surface area (Å²) in [5, 5.41) is 8.75. The first-order chi connectivity index (χ1) is 13.4. The van der Waals surface area contributed by atoms with Crippen molar-refractivity contribution in [3.05, 3.63) is 51.9 Å². The molecule has 0 bridgehead atoms. The van der Waals surface area contributed by atoms with Crippen LogP contribution in [-0.4, -0.2) is 41.7 Å². The van der Waals surface area contributed by atoms with Crippen LogP contribution in [0.4, 0.5) is 5.00 Å². The van der Waals surface area contributed by atoms with Crippen molar-refractivity contribution in [2.75, 3.05) is 18.5 Å². The number of benzene rings is 1. The van der Waals surface area contributed by atoms with E-state index in [-0.39, 0.29) is 11.8 Å². The lowest BCUT2D eigenvalue weighted by Crippen LogP contribution is -2.29. The topological polar surface area (TPSA) is 88.1 Å². The number of ether oxygens (including phenoxy) is 1. The lowest BCUT2D eigenvalue weighted by molar-refractivity contribution is -0.134. The van der Waals surface area contributed by atoms with Gasteiger partial charge in [-0.2, -0.15) is 5.10 Å². The molecule has 28 heavy (non-hydrogen) atoms. The highest BCUT2D eigenvalue weighted by Gasteiger charge is 2.25. The van der Waals surface area contributed by atoms with Gasteiger partial charge in [0.15, 0.2) is 6.61 Å². The Morgan fingerprint density at radius 3 is 2.61 bits per heavy atom. The third-order valence-electron chi connectivity index (χ3n) is 4.40. The number of hydrogen-bond acceptors (Lipinski definition) is 6. The van der Waals surface area contributed by atoms with Crippen LogP contribution in [0.15, 0.2) is 35.4 Å². The van der Waals surface area contributed by atoms with E-state index in [9.17, 15) is 14.4 Å². The summed E-state index contributed by atoms with van der Waals surface area (Å²) < 4.78 is 5.22. The SMILES string of the molecule is CC(=O)Nc1sc(C)c(C)c1C(=O)OCC(=O)N1CCC(c2ccccc2)=N1. The molecule has 0 saturated carbocycles. The molecule has 2 aromatic rings. The van der Waals surface area contributed by atoms with Gasteiger partial charge in [-0.3, -0.25) is 9.59 Å². The van der Waals surface area contributed by atoms with E-state index in [2.05, 4.69) is 10.4 Å². The first-order valence-electron chi connectivity index (χ1n) is 8.84. The van der Waals surface area contributed by atoms with Crippen LogP contribution in [0.25, 0.3) is 0 Å². The molecule has 0 aliphatic carbocycles. The van der Waals surface area contributed by atoms with Crippen molar-refractivity contribution < 1.29 is 19.1 Å². The fourth-order valence-corrected chi connectivity index (χ4v) is 3.96. The maximum absolute atomic E-state index is 12.5. The van der Waals surface area contributed by atoms with Crippen LogP contribution in [-0.2, 0) is 14.3 Å². The molecule has 1 aromatic heterocycles. The number of aryl methyl sites for hydroxylation is 1. The highest BCUT2D eigenvalue weighted by atomic mass is 32.1. The zero-order valence-corrected chi connectivity index (χ0v) is 16.8. The largest absolute Gasteiger partial charge is 0.452 e. The summed E-state index contributed by atoms with van der Waals surface area (Å²) >= 11 is 1.31. The average molecular weight is 399 g/mol. The molecule has 0 fully saturated rings. The molecular weight excluding hydrogens is 378 g/mol. The Hall–Kier alpha value is -3.00. The smallest absolute Gasteiger partial charge is 0.341 e. The molecule has 1 aliphatic heterocycles. The van der Waals surface area contributed by atoms with Gasteiger partial charge in [-0.15, -0.1) is 11.3 Å². The normalized spacial score (nSPS) is 13.2. The number of esters is 1. The molecule has 1 N–H and O–H groups in total. The molecule has 146 valence electrons. The standard InChI is InChI=1S/C20H21N3O4S/c1-12-13(2)28-19(21-14(3)24)18(12)20(26)27-11-17(25)23-10-9-16(22-23)15-7-5-4-6-8-15/h4-8H,9-11H2,1-3H3,(H,21,24). The first kappa shape index (κ1) is 19.8.